The molecular formula is C10H17ClN2O2. The molecule has 0 aliphatic heterocycles. The molecule has 1 heterocycles. The average Bonchev–Trinajstić information content (AvgIpc) is 2.58. The van der Waals surface area contributed by atoms with Crippen molar-refractivity contribution < 1.29 is 10.2 Å². The van der Waals surface area contributed by atoms with Crippen molar-refractivity contribution in [2.75, 3.05) is 0 Å². The summed E-state index contributed by atoms with van der Waals surface area (Å²) < 4.78 is 1.59. The van der Waals surface area contributed by atoms with Gasteiger partial charge in [0.2, 0.25) is 0 Å². The van der Waals surface area contributed by atoms with Crippen molar-refractivity contribution in [3.8, 4) is 0 Å². The van der Waals surface area contributed by atoms with E-state index in [1.54, 1.807) is 11.6 Å². The third-order valence-corrected chi connectivity index (χ3v) is 2.99. The zero-order valence-electron chi connectivity index (χ0n) is 9.24. The van der Waals surface area contributed by atoms with E-state index in [4.69, 9.17) is 11.6 Å². The van der Waals surface area contributed by atoms with Crippen molar-refractivity contribution >= 4 is 11.6 Å². The second-order valence-electron chi connectivity index (χ2n) is 3.81. The molecule has 1 aromatic heterocycles. The number of hydrogen-bond donors (Lipinski definition) is 2. The van der Waals surface area contributed by atoms with Crippen LogP contribution in [-0.4, -0.2) is 25.6 Å². The topological polar surface area (TPSA) is 58.3 Å². The molecule has 4 nitrogen and oxygen atoms in total. The molecule has 0 radical (unpaired) electrons. The van der Waals surface area contributed by atoms with E-state index in [1.807, 2.05) is 13.8 Å². The van der Waals surface area contributed by atoms with Crippen molar-refractivity contribution in [1.82, 2.24) is 9.78 Å². The Kier molecular flexibility index (Phi) is 3.76. The molecule has 0 fully saturated rings. The molecule has 5 heteroatoms. The lowest BCUT2D eigenvalue weighted by Gasteiger charge is -2.28. The number of rotatable bonds is 4. The average molecular weight is 233 g/mol. The second kappa shape index (κ2) is 4.51. The summed E-state index contributed by atoms with van der Waals surface area (Å²) in [7, 11) is 0. The number of halogens is 1. The molecule has 2 N–H and O–H groups in total. The monoisotopic (exact) mass is 232 g/mol. The van der Waals surface area contributed by atoms with Crippen LogP contribution in [0, 0.1) is 0 Å². The Labute approximate surface area is 94.5 Å². The van der Waals surface area contributed by atoms with Crippen molar-refractivity contribution in [3.05, 3.63) is 16.9 Å². The van der Waals surface area contributed by atoms with Gasteiger partial charge in [-0.1, -0.05) is 18.5 Å². The maximum absolute atomic E-state index is 10.0. The van der Waals surface area contributed by atoms with Gasteiger partial charge in [0.15, 0.2) is 0 Å². The van der Waals surface area contributed by atoms with Crippen LogP contribution in [0.3, 0.4) is 0 Å². The maximum Gasteiger partial charge on any atom is 0.125 e. The van der Waals surface area contributed by atoms with Crippen LogP contribution in [0.2, 0.25) is 5.02 Å². The molecular weight excluding hydrogens is 216 g/mol. The predicted molar refractivity (Wildman–Crippen MR) is 58.8 cm³/mol. The van der Waals surface area contributed by atoms with Gasteiger partial charge in [0.25, 0.3) is 0 Å². The van der Waals surface area contributed by atoms with Crippen molar-refractivity contribution in [3.63, 3.8) is 0 Å². The van der Waals surface area contributed by atoms with Crippen LogP contribution in [0.15, 0.2) is 6.20 Å². The molecule has 15 heavy (non-hydrogen) atoms. The van der Waals surface area contributed by atoms with Crippen molar-refractivity contribution in [2.45, 2.75) is 45.4 Å². The van der Waals surface area contributed by atoms with Gasteiger partial charge >= 0.3 is 0 Å². The Bertz CT molecular complexity index is 336. The van der Waals surface area contributed by atoms with E-state index in [0.29, 0.717) is 23.7 Å². The van der Waals surface area contributed by atoms with E-state index < -0.39 is 11.7 Å². The molecule has 2 unspecified atom stereocenters. The molecule has 0 bridgehead atoms. The van der Waals surface area contributed by atoms with Crippen LogP contribution in [0.5, 0.6) is 0 Å². The minimum absolute atomic E-state index is 0.387. The largest absolute Gasteiger partial charge is 0.387 e. The Hall–Kier alpha value is -0.580. The van der Waals surface area contributed by atoms with E-state index >= 15 is 0 Å². The van der Waals surface area contributed by atoms with Gasteiger partial charge in [-0.2, -0.15) is 5.10 Å². The minimum Gasteiger partial charge on any atom is -0.387 e. The number of aliphatic hydroxyl groups is 2. The normalized spacial score (nSPS) is 17.5. The summed E-state index contributed by atoms with van der Waals surface area (Å²) in [6, 6.07) is 0. The highest BCUT2D eigenvalue weighted by Gasteiger charge is 2.33. The molecule has 0 amide bonds. The molecule has 1 rings (SSSR count). The first-order chi connectivity index (χ1) is 6.94. The van der Waals surface area contributed by atoms with Crippen molar-refractivity contribution in [1.29, 1.82) is 0 Å². The SMILES string of the molecule is CCn1ncc(Cl)c1C(O)C(C)(O)CC. The highest BCUT2D eigenvalue weighted by molar-refractivity contribution is 6.31. The summed E-state index contributed by atoms with van der Waals surface area (Å²) in [6.07, 6.45) is 0.909. The van der Waals surface area contributed by atoms with E-state index in [0.717, 1.165) is 0 Å². The number of aliphatic hydroxyl groups excluding tert-OH is 1. The van der Waals surface area contributed by atoms with Gasteiger partial charge in [-0.15, -0.1) is 0 Å². The molecule has 0 aliphatic rings. The zero-order valence-corrected chi connectivity index (χ0v) is 9.99. The maximum atomic E-state index is 10.0. The second-order valence-corrected chi connectivity index (χ2v) is 4.21. The quantitative estimate of drug-likeness (QED) is 0.832. The standard InChI is InChI=1S/C10H17ClN2O2/c1-4-10(3,15)9(14)8-7(11)6-12-13(8)5-2/h6,9,14-15H,4-5H2,1-3H3. The molecule has 0 saturated carbocycles. The Morgan fingerprint density at radius 1 is 1.60 bits per heavy atom. The first kappa shape index (κ1) is 12.5. The Morgan fingerprint density at radius 2 is 2.20 bits per heavy atom. The van der Waals surface area contributed by atoms with Gasteiger partial charge in [0.05, 0.1) is 22.5 Å². The van der Waals surface area contributed by atoms with Crippen LogP contribution in [0.1, 0.15) is 39.0 Å². The summed E-state index contributed by atoms with van der Waals surface area (Å²) in [4.78, 5) is 0. The Morgan fingerprint density at radius 3 is 2.67 bits per heavy atom. The molecule has 0 aliphatic carbocycles. The van der Waals surface area contributed by atoms with Crippen molar-refractivity contribution in [2.24, 2.45) is 0 Å². The summed E-state index contributed by atoms with van der Waals surface area (Å²) in [6.45, 7) is 5.91. The molecule has 2 atom stereocenters. The highest BCUT2D eigenvalue weighted by Crippen LogP contribution is 2.32. The summed E-state index contributed by atoms with van der Waals surface area (Å²) in [5.74, 6) is 0. The zero-order chi connectivity index (χ0) is 11.6. The van der Waals surface area contributed by atoms with Gasteiger partial charge in [0.1, 0.15) is 6.10 Å². The first-order valence-corrected chi connectivity index (χ1v) is 5.43. The lowest BCUT2D eigenvalue weighted by Crippen LogP contribution is -2.33. The predicted octanol–water partition coefficient (Wildman–Crippen LogP) is 1.75. The van der Waals surface area contributed by atoms with Crippen LogP contribution in [0.4, 0.5) is 0 Å². The lowest BCUT2D eigenvalue weighted by atomic mass is 9.94. The summed E-state index contributed by atoms with van der Waals surface area (Å²) >= 11 is 5.93. The fourth-order valence-electron chi connectivity index (χ4n) is 1.38. The molecule has 1 aromatic rings. The molecule has 86 valence electrons. The van der Waals surface area contributed by atoms with E-state index in [2.05, 4.69) is 5.10 Å². The molecule has 0 spiro atoms. The van der Waals surface area contributed by atoms with E-state index in [1.165, 1.54) is 6.20 Å². The fraction of sp³-hybridized carbons (Fsp3) is 0.700. The van der Waals surface area contributed by atoms with E-state index in [9.17, 15) is 10.2 Å². The third kappa shape index (κ3) is 2.33. The van der Waals surface area contributed by atoms with Gasteiger partial charge in [-0.3, -0.25) is 4.68 Å². The smallest absolute Gasteiger partial charge is 0.125 e. The summed E-state index contributed by atoms with van der Waals surface area (Å²) in [5.41, 5.74) is -0.706. The molecule has 0 saturated heterocycles. The van der Waals surface area contributed by atoms with Crippen LogP contribution >= 0.6 is 11.6 Å². The summed E-state index contributed by atoms with van der Waals surface area (Å²) in [5, 5.41) is 24.4. The van der Waals surface area contributed by atoms with Gasteiger partial charge < -0.3 is 10.2 Å². The third-order valence-electron chi connectivity index (χ3n) is 2.70. The Balaban J connectivity index is 3.09. The lowest BCUT2D eigenvalue weighted by molar-refractivity contribution is -0.0695. The number of aromatic nitrogens is 2. The van der Waals surface area contributed by atoms with E-state index in [-0.39, 0.29) is 0 Å². The van der Waals surface area contributed by atoms with Crippen LogP contribution in [0.25, 0.3) is 0 Å². The van der Waals surface area contributed by atoms with Gasteiger partial charge in [-0.05, 0) is 20.3 Å². The fourth-order valence-corrected chi connectivity index (χ4v) is 1.63. The van der Waals surface area contributed by atoms with Gasteiger partial charge in [-0.25, -0.2) is 0 Å². The number of nitrogens with zero attached hydrogens (tertiary/aromatic N) is 2. The first-order valence-electron chi connectivity index (χ1n) is 5.05. The van der Waals surface area contributed by atoms with Crippen LogP contribution < -0.4 is 0 Å². The number of hydrogen-bond acceptors (Lipinski definition) is 3. The number of aryl methyl sites for hydroxylation is 1. The highest BCUT2D eigenvalue weighted by atomic mass is 35.5. The van der Waals surface area contributed by atoms with Crippen LogP contribution in [-0.2, 0) is 6.54 Å². The van der Waals surface area contributed by atoms with Gasteiger partial charge in [0, 0.05) is 6.54 Å². The molecule has 0 aromatic carbocycles. The minimum atomic E-state index is -1.18.